The molecule has 5 aromatic rings. The molecule has 3 aromatic carbocycles. The number of imidazole rings is 2. The second kappa shape index (κ2) is 22.6. The largest absolute Gasteiger partial charge is 0.453 e. The molecule has 4 amide bonds. The Hall–Kier alpha value is -6.74. The fourth-order valence-electron chi connectivity index (χ4n) is 8.42. The number of H-pyrrole nitrogens is 2. The average Bonchev–Trinajstić information content (AvgIpc) is 4.16. The van der Waals surface area contributed by atoms with Crippen molar-refractivity contribution in [1.82, 2.24) is 40.4 Å². The van der Waals surface area contributed by atoms with Gasteiger partial charge >= 0.3 is 12.2 Å². The molecule has 4 N–H and O–H groups in total. The second-order valence-electron chi connectivity index (χ2n) is 17.7. The fraction of sp³-hybridized carbons (Fsp3) is 0.373. The van der Waals surface area contributed by atoms with Gasteiger partial charge in [-0.1, -0.05) is 101 Å². The topological polar surface area (TPSA) is 175 Å². The summed E-state index contributed by atoms with van der Waals surface area (Å²) in [6, 6.07) is 21.4. The molecule has 7 rings (SSSR count). The van der Waals surface area contributed by atoms with E-state index < -0.39 is 24.3 Å². The Labute approximate surface area is 404 Å². The Kier molecular flexibility index (Phi) is 17.3. The molecule has 0 bridgehead atoms. The number of aromatic amines is 2. The van der Waals surface area contributed by atoms with Gasteiger partial charge in [0.2, 0.25) is 5.91 Å². The van der Waals surface area contributed by atoms with Crippen LogP contribution in [0.5, 0.6) is 0 Å². The Morgan fingerprint density at radius 1 is 0.731 bits per heavy atom. The van der Waals surface area contributed by atoms with Gasteiger partial charge in [-0.05, 0) is 89.2 Å². The summed E-state index contributed by atoms with van der Waals surface area (Å²) in [4.78, 5) is 71.8. The van der Waals surface area contributed by atoms with E-state index in [1.54, 1.807) is 34.3 Å². The summed E-state index contributed by atoms with van der Waals surface area (Å²) in [5, 5.41) is 5.41. The van der Waals surface area contributed by atoms with Crippen LogP contribution in [0.15, 0.2) is 85.2 Å². The highest BCUT2D eigenvalue weighted by Crippen LogP contribution is 2.36. The molecular formula is C51H58Cl2N8O6. The molecule has 0 aliphatic carbocycles. The third kappa shape index (κ3) is 12.0. The normalized spacial score (nSPS) is 16.2. The first-order valence-electron chi connectivity index (χ1n) is 22.0. The lowest BCUT2D eigenvalue weighted by atomic mass is 9.85. The average molecular weight is 950 g/mol. The molecule has 0 spiro atoms. The van der Waals surface area contributed by atoms with Gasteiger partial charge in [-0.2, -0.15) is 0 Å². The smallest absolute Gasteiger partial charge is 0.407 e. The number of nitrogens with one attached hydrogen (secondary N) is 4. The lowest BCUT2D eigenvalue weighted by Gasteiger charge is -2.30. The SMILES string of the molecule is COC(=O)N[C@H](C(=O)N1CCC[C@H]1c1ncc(-c2ccc(C#CC#Cc3cnc([C@@H]4CCCN4C(=O)[C@H](NC(=O)OC)c4ccccc4)[nH]3)c(-c3cccc(C(C)(C)C)c3)c2)[nH]1)C(C)C.Cl.Cl. The predicted octanol–water partition coefficient (Wildman–Crippen LogP) is 8.82. The van der Waals surface area contributed by atoms with Crippen molar-refractivity contribution >= 4 is 48.8 Å². The van der Waals surface area contributed by atoms with Gasteiger partial charge in [0.05, 0.1) is 44.4 Å². The molecule has 2 fully saturated rings. The fourth-order valence-corrected chi connectivity index (χ4v) is 8.42. The zero-order valence-electron chi connectivity index (χ0n) is 38.8. The summed E-state index contributed by atoms with van der Waals surface area (Å²) in [5.41, 5.74) is 6.75. The van der Waals surface area contributed by atoms with Gasteiger partial charge in [-0.25, -0.2) is 19.6 Å². The number of nitrogens with zero attached hydrogens (tertiary/aromatic N) is 4. The number of amides is 4. The van der Waals surface area contributed by atoms with Gasteiger partial charge < -0.3 is 39.9 Å². The van der Waals surface area contributed by atoms with E-state index in [9.17, 15) is 19.2 Å². The molecule has 2 aromatic heterocycles. The molecule has 0 unspecified atom stereocenters. The molecule has 4 heterocycles. The van der Waals surface area contributed by atoms with Crippen LogP contribution in [0.1, 0.15) is 112 Å². The number of ether oxygens (including phenoxy) is 2. The highest BCUT2D eigenvalue weighted by Gasteiger charge is 2.39. The number of likely N-dealkylation sites (tertiary alicyclic amines) is 2. The molecule has 2 aliphatic rings. The van der Waals surface area contributed by atoms with Crippen molar-refractivity contribution in [1.29, 1.82) is 0 Å². The predicted molar refractivity (Wildman–Crippen MR) is 261 cm³/mol. The van der Waals surface area contributed by atoms with Crippen molar-refractivity contribution in [2.45, 2.75) is 89.9 Å². The van der Waals surface area contributed by atoms with Crippen molar-refractivity contribution in [2.75, 3.05) is 27.3 Å². The molecule has 0 radical (unpaired) electrons. The molecule has 0 saturated carbocycles. The van der Waals surface area contributed by atoms with E-state index in [4.69, 9.17) is 14.5 Å². The standard InChI is InChI=1S/C51H56N8O6.2ClH/c1-32(2)43(56-49(62)64-6)47(60)58-26-15-23-42(58)46-53-31-40(55-46)36-25-24-33(39(29-36)35-19-13-20-37(28-35)51(3,4)5)16-11-12-21-38-30-52-45(54-38)41-22-14-27-59(41)48(61)44(57-50(63)65-7)34-17-9-8-10-18-34;;/h8-10,13,17-20,24-25,28-32,41-44H,14-15,22-23,26-27H2,1-7H3,(H,52,54)(H,53,55)(H,56,62)(H,57,63);2*1H/t41-,42-,43-,44+;;/m0../s1. The maximum atomic E-state index is 13.9. The summed E-state index contributed by atoms with van der Waals surface area (Å²) in [6.07, 6.45) is 5.15. The first kappa shape index (κ1) is 51.2. The zero-order chi connectivity index (χ0) is 46.3. The summed E-state index contributed by atoms with van der Waals surface area (Å²) in [7, 11) is 2.55. The van der Waals surface area contributed by atoms with Crippen LogP contribution >= 0.6 is 24.8 Å². The third-order valence-electron chi connectivity index (χ3n) is 11.9. The molecule has 2 aliphatic heterocycles. The monoisotopic (exact) mass is 948 g/mol. The molecular weight excluding hydrogens is 892 g/mol. The molecule has 2 saturated heterocycles. The van der Waals surface area contributed by atoms with Crippen molar-refractivity contribution in [3.8, 4) is 46.1 Å². The Morgan fingerprint density at radius 3 is 2.01 bits per heavy atom. The molecule has 16 heteroatoms. The number of benzene rings is 3. The van der Waals surface area contributed by atoms with Gasteiger partial charge in [-0.3, -0.25) is 9.59 Å². The van der Waals surface area contributed by atoms with Crippen LogP contribution in [0.2, 0.25) is 0 Å². The van der Waals surface area contributed by atoms with E-state index >= 15 is 0 Å². The summed E-state index contributed by atoms with van der Waals surface area (Å²) < 4.78 is 9.63. The zero-order valence-corrected chi connectivity index (χ0v) is 40.4. The highest BCUT2D eigenvalue weighted by molar-refractivity contribution is 5.88. The van der Waals surface area contributed by atoms with Crippen LogP contribution < -0.4 is 10.6 Å². The summed E-state index contributed by atoms with van der Waals surface area (Å²) >= 11 is 0. The minimum Gasteiger partial charge on any atom is -0.453 e. The first-order chi connectivity index (χ1) is 31.2. The molecule has 352 valence electrons. The second-order valence-corrected chi connectivity index (χ2v) is 17.7. The number of alkyl carbamates (subject to hydrolysis) is 2. The number of halogens is 2. The Bertz CT molecular complexity index is 2670. The van der Waals surface area contributed by atoms with Gasteiger partial charge in [0.25, 0.3) is 5.91 Å². The minimum atomic E-state index is -0.914. The summed E-state index contributed by atoms with van der Waals surface area (Å²) in [5.74, 6) is 13.2. The third-order valence-corrected chi connectivity index (χ3v) is 11.9. The molecule has 14 nitrogen and oxygen atoms in total. The number of carbonyl (C=O) groups is 4. The summed E-state index contributed by atoms with van der Waals surface area (Å²) in [6.45, 7) is 11.4. The van der Waals surface area contributed by atoms with Crippen LogP contribution in [0, 0.1) is 29.6 Å². The van der Waals surface area contributed by atoms with E-state index in [1.807, 2.05) is 44.2 Å². The lowest BCUT2D eigenvalue weighted by Crippen LogP contribution is -2.51. The number of hydrogen-bond donors (Lipinski definition) is 4. The van der Waals surface area contributed by atoms with Gasteiger partial charge in [0, 0.05) is 24.2 Å². The Morgan fingerprint density at radius 2 is 1.36 bits per heavy atom. The van der Waals surface area contributed by atoms with Gasteiger partial charge in [0.15, 0.2) is 0 Å². The van der Waals surface area contributed by atoms with Crippen molar-refractivity contribution < 1.29 is 28.7 Å². The van der Waals surface area contributed by atoms with E-state index in [0.29, 0.717) is 42.4 Å². The number of carbonyl (C=O) groups excluding carboxylic acids is 4. The quantitative estimate of drug-likeness (QED) is 0.101. The van der Waals surface area contributed by atoms with E-state index in [2.05, 4.69) is 100 Å². The van der Waals surface area contributed by atoms with E-state index in [1.165, 1.54) is 19.8 Å². The number of aromatic nitrogens is 4. The van der Waals surface area contributed by atoms with Crippen LogP contribution in [0.3, 0.4) is 0 Å². The van der Waals surface area contributed by atoms with Crippen LogP contribution in [0.25, 0.3) is 22.4 Å². The number of hydrogen-bond acceptors (Lipinski definition) is 8. The van der Waals surface area contributed by atoms with Crippen molar-refractivity contribution in [3.63, 3.8) is 0 Å². The molecule has 67 heavy (non-hydrogen) atoms. The highest BCUT2D eigenvalue weighted by atomic mass is 35.5. The van der Waals surface area contributed by atoms with Crippen LogP contribution in [-0.2, 0) is 24.5 Å². The number of methoxy groups -OCH3 is 2. The first-order valence-corrected chi connectivity index (χ1v) is 22.0. The van der Waals surface area contributed by atoms with Crippen molar-refractivity contribution in [2.24, 2.45) is 5.92 Å². The van der Waals surface area contributed by atoms with Gasteiger partial charge in [0.1, 0.15) is 29.4 Å². The van der Waals surface area contributed by atoms with E-state index in [0.717, 1.165) is 47.2 Å². The van der Waals surface area contributed by atoms with Crippen LogP contribution in [-0.4, -0.2) is 87.1 Å². The maximum Gasteiger partial charge on any atom is 0.407 e. The minimum absolute atomic E-state index is 0. The van der Waals surface area contributed by atoms with Gasteiger partial charge in [-0.15, -0.1) is 24.8 Å². The maximum absolute atomic E-state index is 13.9. The van der Waals surface area contributed by atoms with E-state index in [-0.39, 0.29) is 60.0 Å². The lowest BCUT2D eigenvalue weighted by molar-refractivity contribution is -0.135. The molecule has 4 atom stereocenters. The van der Waals surface area contributed by atoms with Crippen LogP contribution in [0.4, 0.5) is 9.59 Å². The number of rotatable bonds is 10. The van der Waals surface area contributed by atoms with Crippen molar-refractivity contribution in [3.05, 3.63) is 119 Å². The Balaban J connectivity index is 0.00000420.